The van der Waals surface area contributed by atoms with Gasteiger partial charge < -0.3 is 15.0 Å². The van der Waals surface area contributed by atoms with Crippen LogP contribution in [0.15, 0.2) is 54.6 Å². The van der Waals surface area contributed by atoms with Crippen molar-refractivity contribution >= 4 is 27.7 Å². The van der Waals surface area contributed by atoms with Crippen molar-refractivity contribution in [1.82, 2.24) is 4.57 Å². The highest BCUT2D eigenvalue weighted by Crippen LogP contribution is 2.33. The molecule has 0 aliphatic heterocycles. The number of ether oxygens (including phenoxy) is 1. The summed E-state index contributed by atoms with van der Waals surface area (Å²) in [6, 6.07) is 14.6. The number of halogens is 2. The molecule has 1 aromatic heterocycles. The lowest BCUT2D eigenvalue weighted by molar-refractivity contribution is 0.100. The van der Waals surface area contributed by atoms with Gasteiger partial charge in [0.2, 0.25) is 5.91 Å². The van der Waals surface area contributed by atoms with Crippen molar-refractivity contribution in [1.29, 1.82) is 0 Å². The van der Waals surface area contributed by atoms with E-state index in [1.165, 1.54) is 12.1 Å². The first kappa shape index (κ1) is 18.1. The fourth-order valence-corrected chi connectivity index (χ4v) is 3.71. The largest absolute Gasteiger partial charge is 0.380 e. The highest BCUT2D eigenvalue weighted by atomic mass is 19.1. The van der Waals surface area contributed by atoms with E-state index in [0.717, 1.165) is 33.4 Å². The van der Waals surface area contributed by atoms with Crippen molar-refractivity contribution < 1.29 is 18.3 Å². The Bertz CT molecular complexity index is 1190. The number of benzene rings is 3. The fraction of sp³-hybridized carbons (Fsp3) is 0.136. The third-order valence-electron chi connectivity index (χ3n) is 4.80. The molecule has 0 bridgehead atoms. The van der Waals surface area contributed by atoms with E-state index in [-0.39, 0.29) is 6.54 Å². The molecule has 2 N–H and O–H groups in total. The van der Waals surface area contributed by atoms with Crippen LogP contribution in [-0.4, -0.2) is 17.6 Å². The van der Waals surface area contributed by atoms with Crippen molar-refractivity contribution in [2.75, 3.05) is 7.11 Å². The molecule has 0 unspecified atom stereocenters. The van der Waals surface area contributed by atoms with Gasteiger partial charge in [-0.15, -0.1) is 0 Å². The van der Waals surface area contributed by atoms with E-state index in [4.69, 9.17) is 10.5 Å². The number of nitrogens with two attached hydrogens (primary N) is 1. The molecule has 0 spiro atoms. The zero-order valence-electron chi connectivity index (χ0n) is 15.2. The summed E-state index contributed by atoms with van der Waals surface area (Å²) in [4.78, 5) is 12.0. The molecule has 4 nitrogen and oxygen atoms in total. The second-order valence-corrected chi connectivity index (χ2v) is 6.71. The standard InChI is InChI=1S/C22H18F2N2O2/c1-28-12-13-5-6-17-20(9-13)26(11-14-7-15(23)10-16(24)8-14)19-4-2-3-18(21(17)19)22(25)27/h2-10H,11-12H2,1H3,(H2,25,27). The topological polar surface area (TPSA) is 57.2 Å². The highest BCUT2D eigenvalue weighted by molar-refractivity contribution is 6.17. The monoisotopic (exact) mass is 380 g/mol. The Morgan fingerprint density at radius 1 is 1.00 bits per heavy atom. The van der Waals surface area contributed by atoms with E-state index in [1.807, 2.05) is 28.8 Å². The van der Waals surface area contributed by atoms with Crippen LogP contribution in [-0.2, 0) is 17.9 Å². The maximum atomic E-state index is 13.7. The lowest BCUT2D eigenvalue weighted by atomic mass is 10.0. The highest BCUT2D eigenvalue weighted by Gasteiger charge is 2.17. The van der Waals surface area contributed by atoms with Gasteiger partial charge in [-0.2, -0.15) is 0 Å². The van der Waals surface area contributed by atoms with Crippen LogP contribution in [0.5, 0.6) is 0 Å². The number of methoxy groups -OCH3 is 1. The Kier molecular flexibility index (Phi) is 4.57. The molecule has 0 aliphatic rings. The number of carbonyl (C=O) groups is 1. The van der Waals surface area contributed by atoms with Crippen LogP contribution in [0, 0.1) is 11.6 Å². The molecule has 1 amide bonds. The molecule has 0 radical (unpaired) electrons. The van der Waals surface area contributed by atoms with E-state index >= 15 is 0 Å². The van der Waals surface area contributed by atoms with Crippen LogP contribution in [0.1, 0.15) is 21.5 Å². The Labute approximate surface area is 160 Å². The van der Waals surface area contributed by atoms with Gasteiger partial charge >= 0.3 is 0 Å². The first-order chi connectivity index (χ1) is 13.5. The Morgan fingerprint density at radius 2 is 1.75 bits per heavy atom. The average molecular weight is 380 g/mol. The molecule has 142 valence electrons. The van der Waals surface area contributed by atoms with Crippen LogP contribution in [0.4, 0.5) is 8.78 Å². The SMILES string of the molecule is COCc1ccc2c3c(C(N)=O)cccc3n(Cc3cc(F)cc(F)c3)c2c1. The van der Waals surface area contributed by atoms with Gasteiger partial charge in [-0.25, -0.2) is 8.78 Å². The number of primary amides is 1. The first-order valence-corrected chi connectivity index (χ1v) is 8.75. The van der Waals surface area contributed by atoms with Gasteiger partial charge in [-0.05, 0) is 41.5 Å². The number of nitrogens with zero attached hydrogens (tertiary/aromatic N) is 1. The van der Waals surface area contributed by atoms with Gasteiger partial charge in [0, 0.05) is 41.6 Å². The molecule has 3 aromatic carbocycles. The second kappa shape index (κ2) is 7.05. The van der Waals surface area contributed by atoms with Gasteiger partial charge in [-0.1, -0.05) is 18.2 Å². The minimum Gasteiger partial charge on any atom is -0.380 e. The van der Waals surface area contributed by atoms with Gasteiger partial charge in [0.25, 0.3) is 0 Å². The molecule has 0 saturated carbocycles. The zero-order chi connectivity index (χ0) is 19.8. The molecule has 6 heteroatoms. The Balaban J connectivity index is 2.02. The maximum Gasteiger partial charge on any atom is 0.249 e. The van der Waals surface area contributed by atoms with Crippen LogP contribution < -0.4 is 5.73 Å². The number of rotatable bonds is 5. The Hall–Kier alpha value is -3.25. The second-order valence-electron chi connectivity index (χ2n) is 6.71. The third-order valence-corrected chi connectivity index (χ3v) is 4.80. The van der Waals surface area contributed by atoms with Crippen LogP contribution in [0.2, 0.25) is 0 Å². The molecule has 0 fully saturated rings. The Morgan fingerprint density at radius 3 is 2.43 bits per heavy atom. The quantitative estimate of drug-likeness (QED) is 0.559. The van der Waals surface area contributed by atoms with Gasteiger partial charge in [0.15, 0.2) is 0 Å². The van der Waals surface area contributed by atoms with E-state index in [1.54, 1.807) is 19.2 Å². The average Bonchev–Trinajstić information content (AvgIpc) is 2.94. The summed E-state index contributed by atoms with van der Waals surface area (Å²) >= 11 is 0. The van der Waals surface area contributed by atoms with E-state index in [9.17, 15) is 13.6 Å². The minimum absolute atomic E-state index is 0.243. The predicted octanol–water partition coefficient (Wildman–Crippen LogP) is 4.37. The summed E-state index contributed by atoms with van der Waals surface area (Å²) in [6.45, 7) is 0.669. The molecule has 4 aromatic rings. The van der Waals surface area contributed by atoms with E-state index in [2.05, 4.69) is 0 Å². The molecule has 28 heavy (non-hydrogen) atoms. The van der Waals surface area contributed by atoms with Crippen LogP contribution in [0.25, 0.3) is 21.8 Å². The summed E-state index contributed by atoms with van der Waals surface area (Å²) in [5.41, 5.74) is 9.03. The fourth-order valence-electron chi connectivity index (χ4n) is 3.71. The predicted molar refractivity (Wildman–Crippen MR) is 104 cm³/mol. The molecule has 0 aliphatic carbocycles. The summed E-state index contributed by atoms with van der Waals surface area (Å²) < 4.78 is 34.5. The molecular weight excluding hydrogens is 362 g/mol. The van der Waals surface area contributed by atoms with Crippen LogP contribution in [0.3, 0.4) is 0 Å². The summed E-state index contributed by atoms with van der Waals surface area (Å²) in [5.74, 6) is -1.79. The number of amides is 1. The molecule has 0 saturated heterocycles. The lowest BCUT2D eigenvalue weighted by Crippen LogP contribution is -2.11. The lowest BCUT2D eigenvalue weighted by Gasteiger charge is -2.09. The number of hydrogen-bond donors (Lipinski definition) is 1. The number of hydrogen-bond acceptors (Lipinski definition) is 2. The van der Waals surface area contributed by atoms with Crippen LogP contribution >= 0.6 is 0 Å². The number of aromatic nitrogens is 1. The smallest absolute Gasteiger partial charge is 0.249 e. The molecule has 4 rings (SSSR count). The third kappa shape index (κ3) is 3.12. The van der Waals surface area contributed by atoms with E-state index in [0.29, 0.717) is 17.7 Å². The summed E-state index contributed by atoms with van der Waals surface area (Å²) in [7, 11) is 1.61. The van der Waals surface area contributed by atoms with Gasteiger partial charge in [0.05, 0.1) is 12.1 Å². The van der Waals surface area contributed by atoms with Crippen molar-refractivity contribution in [3.05, 3.63) is 82.9 Å². The zero-order valence-corrected chi connectivity index (χ0v) is 15.2. The van der Waals surface area contributed by atoms with E-state index < -0.39 is 17.5 Å². The molecular formula is C22H18F2N2O2. The van der Waals surface area contributed by atoms with Gasteiger partial charge in [0.1, 0.15) is 11.6 Å². The van der Waals surface area contributed by atoms with Crippen molar-refractivity contribution in [2.24, 2.45) is 5.73 Å². The minimum atomic E-state index is -0.631. The molecule has 1 heterocycles. The number of fused-ring (bicyclic) bond motifs is 3. The normalized spacial score (nSPS) is 11.4. The van der Waals surface area contributed by atoms with Gasteiger partial charge in [-0.3, -0.25) is 4.79 Å². The van der Waals surface area contributed by atoms with Crippen molar-refractivity contribution in [3.63, 3.8) is 0 Å². The maximum absolute atomic E-state index is 13.7. The van der Waals surface area contributed by atoms with Crippen molar-refractivity contribution in [2.45, 2.75) is 13.2 Å². The summed E-state index contributed by atoms with van der Waals surface area (Å²) in [5, 5.41) is 1.58. The molecule has 0 atom stereocenters. The number of carbonyl (C=O) groups excluding carboxylic acids is 1. The first-order valence-electron chi connectivity index (χ1n) is 8.75. The summed E-state index contributed by atoms with van der Waals surface area (Å²) in [6.07, 6.45) is 0. The van der Waals surface area contributed by atoms with Crippen molar-refractivity contribution in [3.8, 4) is 0 Å².